The van der Waals surface area contributed by atoms with E-state index in [1.165, 1.54) is 0 Å². The van der Waals surface area contributed by atoms with E-state index < -0.39 is 10.0 Å². The van der Waals surface area contributed by atoms with Gasteiger partial charge in [0, 0.05) is 21.4 Å². The lowest BCUT2D eigenvalue weighted by Crippen LogP contribution is -2.16. The fourth-order valence-corrected chi connectivity index (χ4v) is 3.90. The number of nitrogens with one attached hydrogen (secondary N) is 1. The van der Waals surface area contributed by atoms with Gasteiger partial charge in [0.1, 0.15) is 16.4 Å². The molecule has 5 nitrogen and oxygen atoms in total. The summed E-state index contributed by atoms with van der Waals surface area (Å²) in [5.74, 6) is 0.883. The number of rotatable bonds is 4. The van der Waals surface area contributed by atoms with Crippen molar-refractivity contribution < 1.29 is 12.8 Å². The second-order valence-electron chi connectivity index (χ2n) is 4.34. The summed E-state index contributed by atoms with van der Waals surface area (Å²) in [5, 5.41) is 0. The van der Waals surface area contributed by atoms with Crippen LogP contribution in [0.15, 0.2) is 33.6 Å². The van der Waals surface area contributed by atoms with Gasteiger partial charge in [-0.05, 0) is 60.7 Å². The Morgan fingerprint density at radius 2 is 1.80 bits per heavy atom. The van der Waals surface area contributed by atoms with E-state index in [0.717, 1.165) is 3.57 Å². The Labute approximate surface area is 131 Å². The smallest absolute Gasteiger partial charge is 0.265 e. The lowest BCUT2D eigenvalue weighted by atomic mass is 10.2. The minimum absolute atomic E-state index is 0.117. The second kappa shape index (κ2) is 5.74. The standard InChI is InChI=1S/C13H15IN2O3S/c1-8-12(7-15)13(9(2)19-8)20(17,18)16-11-5-3-10(14)4-6-11/h3-6,16H,7,15H2,1-2H3. The minimum atomic E-state index is -3.70. The maximum Gasteiger partial charge on any atom is 0.265 e. The summed E-state index contributed by atoms with van der Waals surface area (Å²) in [6.07, 6.45) is 0. The molecule has 0 atom stereocenters. The molecule has 0 saturated heterocycles. The monoisotopic (exact) mass is 406 g/mol. The van der Waals surface area contributed by atoms with Crippen molar-refractivity contribution in [3.05, 3.63) is 44.9 Å². The van der Waals surface area contributed by atoms with Crippen molar-refractivity contribution >= 4 is 38.3 Å². The van der Waals surface area contributed by atoms with Crippen molar-refractivity contribution in [1.29, 1.82) is 0 Å². The van der Waals surface area contributed by atoms with Gasteiger partial charge in [-0.2, -0.15) is 0 Å². The molecule has 0 aliphatic heterocycles. The van der Waals surface area contributed by atoms with E-state index in [1.54, 1.807) is 26.0 Å². The molecule has 1 aromatic heterocycles. The first-order valence-corrected chi connectivity index (χ1v) is 8.48. The largest absolute Gasteiger partial charge is 0.465 e. The molecule has 3 N–H and O–H groups in total. The zero-order chi connectivity index (χ0) is 14.9. The number of sulfonamides is 1. The number of benzene rings is 1. The molecular formula is C13H15IN2O3S. The van der Waals surface area contributed by atoms with Crippen LogP contribution in [0.5, 0.6) is 0 Å². The predicted molar refractivity (Wildman–Crippen MR) is 86.0 cm³/mol. The highest BCUT2D eigenvalue weighted by atomic mass is 127. The molecule has 0 bridgehead atoms. The van der Waals surface area contributed by atoms with Gasteiger partial charge in [-0.3, -0.25) is 4.72 Å². The maximum atomic E-state index is 12.5. The first kappa shape index (κ1) is 15.3. The third kappa shape index (κ3) is 2.99. The molecule has 20 heavy (non-hydrogen) atoms. The highest BCUT2D eigenvalue weighted by molar-refractivity contribution is 14.1. The molecule has 108 valence electrons. The molecule has 0 spiro atoms. The van der Waals surface area contributed by atoms with Gasteiger partial charge in [0.15, 0.2) is 0 Å². The average molecular weight is 406 g/mol. The summed E-state index contributed by atoms with van der Waals surface area (Å²) >= 11 is 2.16. The van der Waals surface area contributed by atoms with Gasteiger partial charge < -0.3 is 10.2 Å². The normalized spacial score (nSPS) is 11.6. The summed E-state index contributed by atoms with van der Waals surface area (Å²) in [4.78, 5) is 0.135. The molecule has 0 unspecified atom stereocenters. The summed E-state index contributed by atoms with van der Waals surface area (Å²) in [6, 6.07) is 7.08. The molecule has 0 aliphatic rings. The van der Waals surface area contributed by atoms with Crippen molar-refractivity contribution in [1.82, 2.24) is 0 Å². The molecule has 7 heteroatoms. The van der Waals surface area contributed by atoms with Crippen LogP contribution < -0.4 is 10.5 Å². The fraction of sp³-hybridized carbons (Fsp3) is 0.231. The minimum Gasteiger partial charge on any atom is -0.465 e. The number of nitrogens with two attached hydrogens (primary N) is 1. The van der Waals surface area contributed by atoms with Crippen LogP contribution in [0.25, 0.3) is 0 Å². The number of anilines is 1. The molecule has 0 aliphatic carbocycles. The zero-order valence-electron chi connectivity index (χ0n) is 11.1. The van der Waals surface area contributed by atoms with E-state index in [1.807, 2.05) is 12.1 Å². The van der Waals surface area contributed by atoms with Crippen molar-refractivity contribution in [2.45, 2.75) is 25.3 Å². The molecule has 1 aromatic carbocycles. The van der Waals surface area contributed by atoms with Gasteiger partial charge in [-0.25, -0.2) is 8.42 Å². The van der Waals surface area contributed by atoms with Gasteiger partial charge in [-0.1, -0.05) is 0 Å². The van der Waals surface area contributed by atoms with E-state index in [2.05, 4.69) is 27.3 Å². The number of aryl methyl sites for hydroxylation is 2. The third-order valence-corrected chi connectivity index (χ3v) is 5.19. The first-order chi connectivity index (χ1) is 9.35. The Hall–Kier alpha value is -1.06. The van der Waals surface area contributed by atoms with Crippen molar-refractivity contribution in [2.24, 2.45) is 5.73 Å². The molecule has 2 aromatic rings. The number of furan rings is 1. The summed E-state index contributed by atoms with van der Waals surface area (Å²) in [7, 11) is -3.70. The number of halogens is 1. The van der Waals surface area contributed by atoms with Crippen molar-refractivity contribution in [3.8, 4) is 0 Å². The van der Waals surface area contributed by atoms with Gasteiger partial charge in [-0.15, -0.1) is 0 Å². The van der Waals surface area contributed by atoms with Gasteiger partial charge in [0.2, 0.25) is 0 Å². The Bertz CT molecular complexity index is 721. The van der Waals surface area contributed by atoms with Crippen LogP contribution in [0.3, 0.4) is 0 Å². The van der Waals surface area contributed by atoms with Crippen LogP contribution >= 0.6 is 22.6 Å². The van der Waals surface area contributed by atoms with Crippen LogP contribution in [0.4, 0.5) is 5.69 Å². The summed E-state index contributed by atoms with van der Waals surface area (Å²) in [6.45, 7) is 3.44. The van der Waals surface area contributed by atoms with E-state index in [0.29, 0.717) is 22.8 Å². The first-order valence-electron chi connectivity index (χ1n) is 5.92. The number of hydrogen-bond acceptors (Lipinski definition) is 4. The van der Waals surface area contributed by atoms with Gasteiger partial charge in [0.25, 0.3) is 10.0 Å². The van der Waals surface area contributed by atoms with Crippen LogP contribution in [-0.2, 0) is 16.6 Å². The molecule has 0 fully saturated rings. The Morgan fingerprint density at radius 1 is 1.20 bits per heavy atom. The molecule has 1 heterocycles. The van der Waals surface area contributed by atoms with Crippen LogP contribution in [-0.4, -0.2) is 8.42 Å². The van der Waals surface area contributed by atoms with Gasteiger partial charge in [0.05, 0.1) is 0 Å². The van der Waals surface area contributed by atoms with Gasteiger partial charge >= 0.3 is 0 Å². The van der Waals surface area contributed by atoms with Crippen LogP contribution in [0.2, 0.25) is 0 Å². The summed E-state index contributed by atoms with van der Waals surface area (Å²) in [5.41, 5.74) is 6.64. The highest BCUT2D eigenvalue weighted by Gasteiger charge is 2.26. The lowest BCUT2D eigenvalue weighted by molar-refractivity contribution is 0.494. The fourth-order valence-electron chi connectivity index (χ4n) is 2.02. The zero-order valence-corrected chi connectivity index (χ0v) is 14.1. The summed E-state index contributed by atoms with van der Waals surface area (Å²) < 4.78 is 33.9. The molecule has 2 rings (SSSR count). The van der Waals surface area contributed by atoms with E-state index in [-0.39, 0.29) is 11.4 Å². The molecule has 0 amide bonds. The topological polar surface area (TPSA) is 85.3 Å². The predicted octanol–water partition coefficient (Wildman–Crippen LogP) is 2.76. The Balaban J connectivity index is 2.43. The van der Waals surface area contributed by atoms with E-state index in [4.69, 9.17) is 10.2 Å². The average Bonchev–Trinajstić information content (AvgIpc) is 2.66. The van der Waals surface area contributed by atoms with Crippen LogP contribution in [0.1, 0.15) is 17.1 Å². The Kier molecular flexibility index (Phi) is 4.40. The molecule has 0 saturated carbocycles. The van der Waals surface area contributed by atoms with Crippen LogP contribution in [0, 0.1) is 17.4 Å². The van der Waals surface area contributed by atoms with Crippen molar-refractivity contribution in [3.63, 3.8) is 0 Å². The van der Waals surface area contributed by atoms with Crippen molar-refractivity contribution in [2.75, 3.05) is 4.72 Å². The molecule has 0 radical (unpaired) electrons. The Morgan fingerprint density at radius 3 is 2.35 bits per heavy atom. The third-order valence-electron chi connectivity index (χ3n) is 2.89. The molecular weight excluding hydrogens is 391 g/mol. The maximum absolute atomic E-state index is 12.5. The quantitative estimate of drug-likeness (QED) is 0.765. The lowest BCUT2D eigenvalue weighted by Gasteiger charge is -2.09. The van der Waals surface area contributed by atoms with E-state index >= 15 is 0 Å². The SMILES string of the molecule is Cc1oc(C)c(S(=O)(=O)Nc2ccc(I)cc2)c1CN. The van der Waals surface area contributed by atoms with E-state index in [9.17, 15) is 8.42 Å². The number of hydrogen-bond donors (Lipinski definition) is 2. The second-order valence-corrected chi connectivity index (χ2v) is 7.20. The highest BCUT2D eigenvalue weighted by Crippen LogP contribution is 2.28.